The van der Waals surface area contributed by atoms with E-state index in [1.54, 1.807) is 48.5 Å². The van der Waals surface area contributed by atoms with E-state index in [0.717, 1.165) is 11.1 Å². The number of aromatic amines is 2. The molecule has 0 bridgehead atoms. The van der Waals surface area contributed by atoms with Gasteiger partial charge in [0.25, 0.3) is 0 Å². The molecule has 0 aliphatic heterocycles. The Morgan fingerprint density at radius 2 is 1.28 bits per heavy atom. The smallest absolute Gasteiger partial charge is 0.244 e. The highest BCUT2D eigenvalue weighted by atomic mass is 35.5. The highest BCUT2D eigenvalue weighted by Crippen LogP contribution is 2.22. The quantitative estimate of drug-likeness (QED) is 0.308. The topological polar surface area (TPSA) is 133 Å². The summed E-state index contributed by atoms with van der Waals surface area (Å²) < 4.78 is 27.0. The average molecular weight is 491 g/mol. The molecule has 4 aromatic rings. The first-order valence-electron chi connectivity index (χ1n) is 9.20. The Labute approximate surface area is 193 Å². The number of nitrogens with zero attached hydrogens (tertiary/aromatic N) is 2. The summed E-state index contributed by atoms with van der Waals surface area (Å²) in [5.74, 6) is -1.47. The van der Waals surface area contributed by atoms with Gasteiger partial charge in [-0.2, -0.15) is 0 Å². The molecular formula is C20H16Cl2N6O3S. The molecule has 4 rings (SSSR count). The zero-order valence-electron chi connectivity index (χ0n) is 16.3. The molecule has 0 atom stereocenters. The van der Waals surface area contributed by atoms with Gasteiger partial charge in [0, 0.05) is 10.0 Å². The van der Waals surface area contributed by atoms with Gasteiger partial charge in [0.2, 0.25) is 27.8 Å². The highest BCUT2D eigenvalue weighted by molar-refractivity contribution is 7.93. The molecule has 2 heterocycles. The van der Waals surface area contributed by atoms with Crippen LogP contribution in [0, 0.1) is 0 Å². The second-order valence-electron chi connectivity index (χ2n) is 6.71. The predicted molar refractivity (Wildman–Crippen MR) is 124 cm³/mol. The molecule has 0 aliphatic rings. The Bertz CT molecular complexity index is 1350. The number of hydrogen-bond acceptors (Lipinski definition) is 5. The van der Waals surface area contributed by atoms with E-state index in [4.69, 9.17) is 23.2 Å². The van der Waals surface area contributed by atoms with Crippen molar-refractivity contribution in [3.63, 3.8) is 0 Å². The third kappa shape index (κ3) is 5.47. The van der Waals surface area contributed by atoms with Gasteiger partial charge >= 0.3 is 0 Å². The summed E-state index contributed by atoms with van der Waals surface area (Å²) in [6, 6.07) is 14.0. The number of carbonyl (C=O) groups is 1. The number of amides is 1. The summed E-state index contributed by atoms with van der Waals surface area (Å²) in [7, 11) is -4.01. The van der Waals surface area contributed by atoms with Crippen LogP contribution in [-0.2, 0) is 14.8 Å². The van der Waals surface area contributed by atoms with Gasteiger partial charge in [0.05, 0.1) is 23.8 Å². The Morgan fingerprint density at radius 1 is 0.812 bits per heavy atom. The normalized spacial score (nSPS) is 11.3. The predicted octanol–water partition coefficient (Wildman–Crippen LogP) is 4.15. The maximum absolute atomic E-state index is 12.4. The van der Waals surface area contributed by atoms with E-state index in [1.165, 1.54) is 12.4 Å². The van der Waals surface area contributed by atoms with Gasteiger partial charge in [0.1, 0.15) is 5.75 Å². The molecule has 0 fully saturated rings. The van der Waals surface area contributed by atoms with Crippen LogP contribution in [0.4, 0.5) is 11.9 Å². The lowest BCUT2D eigenvalue weighted by Gasteiger charge is -2.05. The number of H-pyrrole nitrogens is 2. The number of sulfonamides is 1. The summed E-state index contributed by atoms with van der Waals surface area (Å²) >= 11 is 11.7. The first-order chi connectivity index (χ1) is 15.3. The zero-order chi connectivity index (χ0) is 22.7. The molecule has 0 saturated heterocycles. The molecule has 0 aliphatic carbocycles. The van der Waals surface area contributed by atoms with E-state index in [9.17, 15) is 13.2 Å². The first-order valence-corrected chi connectivity index (χ1v) is 11.6. The van der Waals surface area contributed by atoms with Crippen molar-refractivity contribution in [2.24, 2.45) is 0 Å². The van der Waals surface area contributed by atoms with Crippen LogP contribution < -0.4 is 10.0 Å². The van der Waals surface area contributed by atoms with Crippen molar-refractivity contribution in [3.8, 4) is 22.5 Å². The van der Waals surface area contributed by atoms with Gasteiger partial charge in [-0.15, -0.1) is 0 Å². The van der Waals surface area contributed by atoms with Gasteiger partial charge in [0.15, 0.2) is 0 Å². The van der Waals surface area contributed by atoms with E-state index in [-0.39, 0.29) is 11.9 Å². The Balaban J connectivity index is 1.37. The molecule has 0 saturated carbocycles. The van der Waals surface area contributed by atoms with Crippen LogP contribution in [0.2, 0.25) is 10.0 Å². The lowest BCUT2D eigenvalue weighted by atomic mass is 10.2. The summed E-state index contributed by atoms with van der Waals surface area (Å²) in [4.78, 5) is 26.0. The van der Waals surface area contributed by atoms with Crippen LogP contribution in [0.15, 0.2) is 60.9 Å². The Morgan fingerprint density at radius 3 is 1.81 bits per heavy atom. The van der Waals surface area contributed by atoms with Crippen molar-refractivity contribution >= 4 is 51.0 Å². The van der Waals surface area contributed by atoms with Crippen LogP contribution in [0.1, 0.15) is 0 Å². The van der Waals surface area contributed by atoms with Crippen molar-refractivity contribution in [2.45, 2.75) is 0 Å². The molecule has 1 amide bonds. The fourth-order valence-corrected chi connectivity index (χ4v) is 3.97. The SMILES string of the molecule is O=C(CS(=O)(=O)Nc1ncc(-c2ccc(Cl)cc2)[nH]1)Nc1ncc(-c2ccc(Cl)cc2)[nH]1. The number of nitrogens with one attached hydrogen (secondary N) is 4. The monoisotopic (exact) mass is 490 g/mol. The minimum atomic E-state index is -4.01. The van der Waals surface area contributed by atoms with Gasteiger partial charge in [-0.25, -0.2) is 18.4 Å². The number of benzene rings is 2. The largest absolute Gasteiger partial charge is 0.324 e. The number of aromatic nitrogens is 4. The molecule has 2 aromatic heterocycles. The summed E-state index contributed by atoms with van der Waals surface area (Å²) in [6.07, 6.45) is 3.00. The highest BCUT2D eigenvalue weighted by Gasteiger charge is 2.19. The lowest BCUT2D eigenvalue weighted by molar-refractivity contribution is -0.113. The molecule has 0 spiro atoms. The maximum atomic E-state index is 12.4. The molecule has 0 unspecified atom stereocenters. The molecule has 0 radical (unpaired) electrons. The van der Waals surface area contributed by atoms with Crippen molar-refractivity contribution in [2.75, 3.05) is 15.8 Å². The molecule has 2 aromatic carbocycles. The van der Waals surface area contributed by atoms with Gasteiger partial charge < -0.3 is 9.97 Å². The lowest BCUT2D eigenvalue weighted by Crippen LogP contribution is -2.28. The molecule has 32 heavy (non-hydrogen) atoms. The number of hydrogen-bond donors (Lipinski definition) is 4. The second-order valence-corrected chi connectivity index (χ2v) is 9.31. The minimum absolute atomic E-state index is 0.00854. The van der Waals surface area contributed by atoms with E-state index in [1.807, 2.05) is 0 Å². The van der Waals surface area contributed by atoms with Crippen molar-refractivity contribution in [1.82, 2.24) is 19.9 Å². The fourth-order valence-electron chi connectivity index (χ4n) is 2.83. The summed E-state index contributed by atoms with van der Waals surface area (Å²) in [6.45, 7) is 0. The van der Waals surface area contributed by atoms with E-state index < -0.39 is 21.7 Å². The number of carbonyl (C=O) groups excluding carboxylic acids is 1. The fraction of sp³-hybridized carbons (Fsp3) is 0.0500. The first kappa shape index (κ1) is 21.9. The molecular weight excluding hydrogens is 475 g/mol. The van der Waals surface area contributed by atoms with Crippen LogP contribution in [0.25, 0.3) is 22.5 Å². The number of rotatable bonds is 7. The molecule has 4 N–H and O–H groups in total. The second kappa shape index (κ2) is 9.03. The van der Waals surface area contributed by atoms with E-state index in [2.05, 4.69) is 30.0 Å². The van der Waals surface area contributed by atoms with E-state index in [0.29, 0.717) is 21.4 Å². The molecule has 12 heteroatoms. The molecule has 9 nitrogen and oxygen atoms in total. The maximum Gasteiger partial charge on any atom is 0.244 e. The third-order valence-corrected chi connectivity index (χ3v) is 5.94. The van der Waals surface area contributed by atoms with E-state index >= 15 is 0 Å². The van der Waals surface area contributed by atoms with Crippen LogP contribution >= 0.6 is 23.2 Å². The number of anilines is 2. The summed E-state index contributed by atoms with van der Waals surface area (Å²) in [5, 5.41) is 3.60. The Hall–Kier alpha value is -3.34. The van der Waals surface area contributed by atoms with Gasteiger partial charge in [-0.3, -0.25) is 14.8 Å². The average Bonchev–Trinajstić information content (AvgIpc) is 3.38. The van der Waals surface area contributed by atoms with Crippen molar-refractivity contribution in [3.05, 3.63) is 71.0 Å². The molecule has 164 valence electrons. The number of imidazole rings is 2. The van der Waals surface area contributed by atoms with Crippen LogP contribution in [-0.4, -0.2) is 40.0 Å². The van der Waals surface area contributed by atoms with Crippen LogP contribution in [0.5, 0.6) is 0 Å². The van der Waals surface area contributed by atoms with Gasteiger partial charge in [-0.1, -0.05) is 47.5 Å². The zero-order valence-corrected chi connectivity index (χ0v) is 18.6. The third-order valence-electron chi connectivity index (χ3n) is 4.29. The minimum Gasteiger partial charge on any atom is -0.324 e. The van der Waals surface area contributed by atoms with Crippen molar-refractivity contribution < 1.29 is 13.2 Å². The van der Waals surface area contributed by atoms with Crippen molar-refractivity contribution in [1.29, 1.82) is 0 Å². The van der Waals surface area contributed by atoms with Crippen LogP contribution in [0.3, 0.4) is 0 Å². The standard InChI is InChI=1S/C20H16Cl2N6O3S/c21-14-5-1-12(2-6-14)16-9-23-19(25-16)27-18(29)11-32(30,31)28-20-24-10-17(26-20)13-3-7-15(22)8-4-13/h1-10H,11H2,(H2,24,26,28)(H2,23,25,27,29). The Kier molecular flexibility index (Phi) is 6.17. The summed E-state index contributed by atoms with van der Waals surface area (Å²) in [5.41, 5.74) is 2.82. The van der Waals surface area contributed by atoms with Gasteiger partial charge in [-0.05, 0) is 35.4 Å². The number of halogens is 2.